The Balaban J connectivity index is 1.12. The molecule has 7 rings (SSSR count). The number of nitrogens with zero attached hydrogens (tertiary/aromatic N) is 3. The van der Waals surface area contributed by atoms with Crippen molar-refractivity contribution in [3.05, 3.63) is 99.5 Å². The molecule has 11 nitrogen and oxygen atoms in total. The number of para-hydroxylation sites is 1. The van der Waals surface area contributed by atoms with Crippen LogP contribution < -0.4 is 16.0 Å². The van der Waals surface area contributed by atoms with Gasteiger partial charge in [0, 0.05) is 30.3 Å². The lowest BCUT2D eigenvalue weighted by atomic mass is 10.0. The first kappa shape index (κ1) is 26.8. The van der Waals surface area contributed by atoms with Gasteiger partial charge in [-0.05, 0) is 43.7 Å². The predicted molar refractivity (Wildman–Crippen MR) is 151 cm³/mol. The van der Waals surface area contributed by atoms with Crippen LogP contribution in [0.5, 0.6) is 5.75 Å². The highest BCUT2D eigenvalue weighted by Crippen LogP contribution is 2.45. The molecule has 0 amide bonds. The van der Waals surface area contributed by atoms with Crippen molar-refractivity contribution < 1.29 is 28.5 Å². The van der Waals surface area contributed by atoms with Gasteiger partial charge in [0.05, 0.1) is 31.4 Å². The van der Waals surface area contributed by atoms with Gasteiger partial charge in [-0.15, -0.1) is 0 Å². The zero-order valence-corrected chi connectivity index (χ0v) is 23.4. The lowest BCUT2D eigenvalue weighted by molar-refractivity contribution is -0.198. The van der Waals surface area contributed by atoms with Crippen molar-refractivity contribution in [3.8, 4) is 5.75 Å². The number of hydrogen-bond donors (Lipinski definition) is 0. The minimum Gasteiger partial charge on any atom is -0.497 e. The Kier molecular flexibility index (Phi) is 6.43. The van der Waals surface area contributed by atoms with E-state index in [-0.39, 0.29) is 18.6 Å². The predicted octanol–water partition coefficient (Wildman–Crippen LogP) is 2.94. The maximum atomic E-state index is 13.6. The van der Waals surface area contributed by atoms with E-state index < -0.39 is 47.7 Å². The summed E-state index contributed by atoms with van der Waals surface area (Å²) in [5.74, 6) is -0.363. The van der Waals surface area contributed by atoms with Gasteiger partial charge in [0.1, 0.15) is 18.0 Å². The molecule has 5 heterocycles. The fourth-order valence-electron chi connectivity index (χ4n) is 6.04. The Bertz CT molecular complexity index is 1770. The van der Waals surface area contributed by atoms with Gasteiger partial charge in [-0.3, -0.25) is 23.3 Å². The maximum absolute atomic E-state index is 13.6. The summed E-state index contributed by atoms with van der Waals surface area (Å²) in [7, 11) is 1.57. The normalized spacial score (nSPS) is 27.7. The van der Waals surface area contributed by atoms with Gasteiger partial charge in [0.15, 0.2) is 18.1 Å². The van der Waals surface area contributed by atoms with Crippen LogP contribution in [0, 0.1) is 0 Å². The molecule has 2 aromatic carbocycles. The van der Waals surface area contributed by atoms with Crippen molar-refractivity contribution in [1.82, 2.24) is 13.7 Å². The molecule has 6 atom stereocenters. The number of aromatic nitrogens is 3. The second kappa shape index (κ2) is 10.1. The monoisotopic (exact) mass is 573 g/mol. The molecule has 3 aliphatic heterocycles. The smallest absolute Gasteiger partial charge is 0.333 e. The fourth-order valence-corrected chi connectivity index (χ4v) is 6.04. The summed E-state index contributed by atoms with van der Waals surface area (Å²) in [5.41, 5.74) is 0.653. The summed E-state index contributed by atoms with van der Waals surface area (Å²) >= 11 is 0. The summed E-state index contributed by atoms with van der Waals surface area (Å²) in [4.78, 5) is 39.6. The molecule has 42 heavy (non-hydrogen) atoms. The van der Waals surface area contributed by atoms with Crippen LogP contribution in [-0.4, -0.2) is 63.0 Å². The molecule has 0 radical (unpaired) electrons. The minimum absolute atomic E-state index is 0.0867. The van der Waals surface area contributed by atoms with Crippen LogP contribution in [0.25, 0.3) is 10.9 Å². The van der Waals surface area contributed by atoms with Crippen molar-refractivity contribution in [2.45, 2.75) is 69.3 Å². The largest absolute Gasteiger partial charge is 0.497 e. The number of carbonyl (C=O) groups is 1. The molecule has 4 aromatic rings. The summed E-state index contributed by atoms with van der Waals surface area (Å²) in [5, 5.41) is 0.977. The van der Waals surface area contributed by atoms with Crippen LogP contribution in [0.2, 0.25) is 0 Å². The number of hydrogen-bond acceptors (Lipinski definition) is 8. The van der Waals surface area contributed by atoms with Crippen molar-refractivity contribution in [2.75, 3.05) is 7.11 Å². The van der Waals surface area contributed by atoms with Crippen LogP contribution in [0.4, 0.5) is 0 Å². The quantitative estimate of drug-likeness (QED) is 0.310. The average Bonchev–Trinajstić information content (AvgIpc) is 3.32. The van der Waals surface area contributed by atoms with Gasteiger partial charge >= 0.3 is 5.69 Å². The van der Waals surface area contributed by atoms with Crippen molar-refractivity contribution >= 4 is 16.8 Å². The van der Waals surface area contributed by atoms with Crippen LogP contribution in [-0.2, 0) is 25.5 Å². The number of epoxide rings is 1. The summed E-state index contributed by atoms with van der Waals surface area (Å²) in [6, 6.07) is 18.1. The molecular formula is C31H31N3O8. The van der Waals surface area contributed by atoms with E-state index >= 15 is 0 Å². The molecule has 3 fully saturated rings. The standard InChI is InChI=1S/C31H31N3O8/c1-31(2)41-25-22(16-23-26(39-23)28(36)32-14-12-19-6-4-5-7-21(19)32)40-29(27(25)42-31)33-15-13-24(35)34(30(33)37)17-18-8-10-20(38-3)11-9-18/h4-15,22-23,25-27,29H,16-17H2,1-3H3/t22-,23+,25-,26-,27-,29-/m1/s1. The highest BCUT2D eigenvalue weighted by atomic mass is 16.8. The van der Waals surface area contributed by atoms with E-state index in [9.17, 15) is 14.4 Å². The topological polar surface area (TPSA) is 115 Å². The van der Waals surface area contributed by atoms with E-state index in [1.54, 1.807) is 42.1 Å². The number of rotatable bonds is 7. The highest BCUT2D eigenvalue weighted by Gasteiger charge is 2.58. The summed E-state index contributed by atoms with van der Waals surface area (Å²) < 4.78 is 34.0. The van der Waals surface area contributed by atoms with Gasteiger partial charge < -0.3 is 23.7 Å². The number of ether oxygens (including phenoxy) is 5. The molecule has 0 bridgehead atoms. The number of carbonyl (C=O) groups excluding carboxylic acids is 1. The zero-order valence-electron chi connectivity index (χ0n) is 23.4. The molecule has 0 spiro atoms. The molecule has 11 heteroatoms. The molecule has 3 saturated heterocycles. The maximum Gasteiger partial charge on any atom is 0.333 e. The second-order valence-electron chi connectivity index (χ2n) is 11.3. The Hall–Kier alpha value is -4.03. The van der Waals surface area contributed by atoms with Gasteiger partial charge in [-0.2, -0.15) is 0 Å². The lowest BCUT2D eigenvalue weighted by Gasteiger charge is -2.25. The zero-order chi connectivity index (χ0) is 29.2. The summed E-state index contributed by atoms with van der Waals surface area (Å²) in [6.07, 6.45) is 0.175. The lowest BCUT2D eigenvalue weighted by Crippen LogP contribution is -2.43. The number of benzene rings is 2. The second-order valence-corrected chi connectivity index (χ2v) is 11.3. The van der Waals surface area contributed by atoms with Crippen molar-refractivity contribution in [2.24, 2.45) is 0 Å². The van der Waals surface area contributed by atoms with E-state index in [4.69, 9.17) is 23.7 Å². The van der Waals surface area contributed by atoms with E-state index in [0.29, 0.717) is 12.2 Å². The minimum atomic E-state index is -0.902. The Morgan fingerprint density at radius 1 is 0.905 bits per heavy atom. The molecule has 0 N–H and O–H groups in total. The van der Waals surface area contributed by atoms with E-state index in [0.717, 1.165) is 21.0 Å². The van der Waals surface area contributed by atoms with Crippen LogP contribution in [0.1, 0.15) is 36.9 Å². The van der Waals surface area contributed by atoms with Gasteiger partial charge in [-0.25, -0.2) is 4.79 Å². The van der Waals surface area contributed by atoms with E-state index in [1.807, 2.05) is 44.2 Å². The van der Waals surface area contributed by atoms with Crippen LogP contribution in [0.15, 0.2) is 82.6 Å². The van der Waals surface area contributed by atoms with Crippen molar-refractivity contribution in [3.63, 3.8) is 0 Å². The van der Waals surface area contributed by atoms with Gasteiger partial charge in [-0.1, -0.05) is 30.3 Å². The first-order valence-electron chi connectivity index (χ1n) is 13.9. The van der Waals surface area contributed by atoms with E-state index in [2.05, 4.69) is 0 Å². The third-order valence-electron chi connectivity index (χ3n) is 8.12. The summed E-state index contributed by atoms with van der Waals surface area (Å²) in [6.45, 7) is 3.71. The number of fused-ring (bicyclic) bond motifs is 2. The van der Waals surface area contributed by atoms with E-state index in [1.165, 1.54) is 16.8 Å². The van der Waals surface area contributed by atoms with Crippen LogP contribution in [0.3, 0.4) is 0 Å². The first-order valence-corrected chi connectivity index (χ1v) is 13.9. The number of methoxy groups -OCH3 is 1. The van der Waals surface area contributed by atoms with Crippen LogP contribution >= 0.6 is 0 Å². The average molecular weight is 574 g/mol. The highest BCUT2D eigenvalue weighted by molar-refractivity contribution is 5.95. The molecular weight excluding hydrogens is 542 g/mol. The Labute approximate surface area is 240 Å². The Morgan fingerprint density at radius 3 is 2.45 bits per heavy atom. The Morgan fingerprint density at radius 2 is 1.67 bits per heavy atom. The molecule has 0 aliphatic carbocycles. The molecule has 0 saturated carbocycles. The van der Waals surface area contributed by atoms with Gasteiger partial charge in [0.25, 0.3) is 11.5 Å². The molecule has 0 unspecified atom stereocenters. The molecule has 218 valence electrons. The first-order chi connectivity index (χ1) is 20.2. The fraction of sp³-hybridized carbons (Fsp3) is 0.387. The molecule has 3 aliphatic rings. The third-order valence-corrected chi connectivity index (χ3v) is 8.12. The molecule has 2 aromatic heterocycles. The van der Waals surface area contributed by atoms with Crippen molar-refractivity contribution in [1.29, 1.82) is 0 Å². The third kappa shape index (κ3) is 4.68. The van der Waals surface area contributed by atoms with Gasteiger partial charge in [0.2, 0.25) is 0 Å². The SMILES string of the molecule is COc1ccc(Cn2c(=O)ccn([C@@H]3O[C@H](C[C@@H]4O[C@H]4C(=O)n4ccc5ccccc54)[C@H]4OC(C)(C)O[C@H]43)c2=O)cc1.